The Balaban J connectivity index is 2.00. The highest BCUT2D eigenvalue weighted by Crippen LogP contribution is 2.16. The smallest absolute Gasteiger partial charge is 0.00238 e. The molecule has 0 saturated carbocycles. The Morgan fingerprint density at radius 1 is 0.278 bits per heavy atom. The third-order valence-electron chi connectivity index (χ3n) is 3.32. The second-order valence-corrected chi connectivity index (χ2v) is 8.69. The first-order chi connectivity index (χ1) is 9.00. The van der Waals surface area contributed by atoms with Gasteiger partial charge < -0.3 is 0 Å². The summed E-state index contributed by atoms with van der Waals surface area (Å²) in [5, 5.41) is 0. The monoisotopic (exact) mass is 306 g/mol. The standard InChI is InChI=1S/C15H30S3/c1-2-4-6-8-10-16-12-14-18-15-13-17-11-9-7-5-3-1/h1-15H2. The van der Waals surface area contributed by atoms with E-state index in [0.29, 0.717) is 0 Å². The summed E-state index contributed by atoms with van der Waals surface area (Å²) < 4.78 is 0. The first-order valence-electron chi connectivity index (χ1n) is 7.73. The maximum absolute atomic E-state index is 2.17. The molecule has 1 saturated heterocycles. The fourth-order valence-electron chi connectivity index (χ4n) is 2.19. The molecule has 0 amide bonds. The van der Waals surface area contributed by atoms with Crippen LogP contribution in [0.15, 0.2) is 0 Å². The van der Waals surface area contributed by atoms with E-state index in [-0.39, 0.29) is 0 Å². The van der Waals surface area contributed by atoms with Crippen molar-refractivity contribution in [1.29, 1.82) is 0 Å². The summed E-state index contributed by atoms with van der Waals surface area (Å²) in [5.74, 6) is 8.27. The molecule has 1 aliphatic heterocycles. The molecule has 0 atom stereocenters. The fourth-order valence-corrected chi connectivity index (χ4v) is 5.50. The van der Waals surface area contributed by atoms with Gasteiger partial charge in [0.2, 0.25) is 0 Å². The summed E-state index contributed by atoms with van der Waals surface area (Å²) in [5.41, 5.74) is 0. The quantitative estimate of drug-likeness (QED) is 0.562. The van der Waals surface area contributed by atoms with Crippen LogP contribution in [0.1, 0.15) is 57.8 Å². The molecular formula is C15H30S3. The van der Waals surface area contributed by atoms with E-state index in [1.54, 1.807) is 0 Å². The molecule has 1 fully saturated rings. The third-order valence-corrected chi connectivity index (χ3v) is 6.96. The SMILES string of the molecule is C1CCCCCSCCSCCSCCCCC1. The predicted octanol–water partition coefficient (Wildman–Crippen LogP) is 5.71. The van der Waals surface area contributed by atoms with Crippen molar-refractivity contribution in [2.75, 3.05) is 34.5 Å². The van der Waals surface area contributed by atoms with Crippen molar-refractivity contribution in [2.24, 2.45) is 0 Å². The zero-order chi connectivity index (χ0) is 12.7. The van der Waals surface area contributed by atoms with Gasteiger partial charge in [-0.05, 0) is 24.3 Å². The van der Waals surface area contributed by atoms with E-state index in [9.17, 15) is 0 Å². The highest BCUT2D eigenvalue weighted by molar-refractivity contribution is 8.04. The van der Waals surface area contributed by atoms with Crippen molar-refractivity contribution in [3.05, 3.63) is 0 Å². The molecule has 0 bridgehead atoms. The van der Waals surface area contributed by atoms with E-state index in [2.05, 4.69) is 35.3 Å². The Hall–Kier alpha value is 1.05. The molecule has 0 aliphatic carbocycles. The summed E-state index contributed by atoms with van der Waals surface area (Å²) in [4.78, 5) is 0. The molecule has 0 aromatic heterocycles. The molecule has 108 valence electrons. The van der Waals surface area contributed by atoms with Crippen LogP contribution in [0.25, 0.3) is 0 Å². The van der Waals surface area contributed by atoms with Crippen LogP contribution in [0.5, 0.6) is 0 Å². The number of thioether (sulfide) groups is 3. The Morgan fingerprint density at radius 3 is 0.944 bits per heavy atom. The van der Waals surface area contributed by atoms with Crippen molar-refractivity contribution in [1.82, 2.24) is 0 Å². The summed E-state index contributed by atoms with van der Waals surface area (Å²) in [7, 11) is 0. The average Bonchev–Trinajstić information content (AvgIpc) is 2.39. The van der Waals surface area contributed by atoms with E-state index < -0.39 is 0 Å². The van der Waals surface area contributed by atoms with Gasteiger partial charge in [0.05, 0.1) is 0 Å². The molecule has 0 spiro atoms. The van der Waals surface area contributed by atoms with Crippen molar-refractivity contribution in [3.8, 4) is 0 Å². The van der Waals surface area contributed by atoms with E-state index in [1.807, 2.05) is 0 Å². The second-order valence-electron chi connectivity index (χ2n) is 5.02. The maximum Gasteiger partial charge on any atom is 0.00238 e. The number of hydrogen-bond acceptors (Lipinski definition) is 3. The van der Waals surface area contributed by atoms with E-state index >= 15 is 0 Å². The highest BCUT2D eigenvalue weighted by atomic mass is 32.2. The zero-order valence-corrected chi connectivity index (χ0v) is 14.3. The molecule has 0 unspecified atom stereocenters. The lowest BCUT2D eigenvalue weighted by atomic mass is 10.1. The zero-order valence-electron chi connectivity index (χ0n) is 11.8. The van der Waals surface area contributed by atoms with Gasteiger partial charge in [-0.15, -0.1) is 0 Å². The highest BCUT2D eigenvalue weighted by Gasteiger charge is 1.96. The largest absolute Gasteiger partial charge is 0.161 e. The maximum atomic E-state index is 2.17. The van der Waals surface area contributed by atoms with E-state index in [1.165, 1.54) is 92.3 Å². The van der Waals surface area contributed by atoms with Gasteiger partial charge in [-0.3, -0.25) is 0 Å². The van der Waals surface area contributed by atoms with Crippen LogP contribution in [-0.2, 0) is 0 Å². The Bertz CT molecular complexity index is 86.8. The van der Waals surface area contributed by atoms with Gasteiger partial charge in [-0.2, -0.15) is 35.3 Å². The molecule has 1 heterocycles. The molecule has 0 aromatic carbocycles. The van der Waals surface area contributed by atoms with Crippen LogP contribution in [0.4, 0.5) is 0 Å². The minimum absolute atomic E-state index is 1.37. The van der Waals surface area contributed by atoms with E-state index in [4.69, 9.17) is 0 Å². The van der Waals surface area contributed by atoms with Crippen LogP contribution in [0.2, 0.25) is 0 Å². The molecule has 0 radical (unpaired) electrons. The molecule has 0 N–H and O–H groups in total. The summed E-state index contributed by atoms with van der Waals surface area (Å²) >= 11 is 6.49. The van der Waals surface area contributed by atoms with Crippen LogP contribution >= 0.6 is 35.3 Å². The normalized spacial score (nSPS) is 24.0. The van der Waals surface area contributed by atoms with Crippen molar-refractivity contribution in [3.63, 3.8) is 0 Å². The predicted molar refractivity (Wildman–Crippen MR) is 93.5 cm³/mol. The lowest BCUT2D eigenvalue weighted by Crippen LogP contribution is -1.93. The lowest BCUT2D eigenvalue weighted by molar-refractivity contribution is 0.574. The van der Waals surface area contributed by atoms with Gasteiger partial charge in [0.15, 0.2) is 0 Å². The van der Waals surface area contributed by atoms with Crippen molar-refractivity contribution < 1.29 is 0 Å². The van der Waals surface area contributed by atoms with Gasteiger partial charge in [0.25, 0.3) is 0 Å². The summed E-state index contributed by atoms with van der Waals surface area (Å²) in [6.45, 7) is 0. The molecule has 1 rings (SSSR count). The first kappa shape index (κ1) is 17.1. The number of rotatable bonds is 0. The topological polar surface area (TPSA) is 0 Å². The van der Waals surface area contributed by atoms with Crippen LogP contribution in [0, 0.1) is 0 Å². The molecule has 3 heteroatoms. The van der Waals surface area contributed by atoms with Crippen LogP contribution in [-0.4, -0.2) is 34.5 Å². The number of hydrogen-bond donors (Lipinski definition) is 0. The minimum atomic E-state index is 1.37. The lowest BCUT2D eigenvalue weighted by Gasteiger charge is -2.05. The van der Waals surface area contributed by atoms with Crippen LogP contribution in [0.3, 0.4) is 0 Å². The van der Waals surface area contributed by atoms with Crippen molar-refractivity contribution in [2.45, 2.75) is 57.8 Å². The average molecular weight is 307 g/mol. The molecule has 18 heavy (non-hydrogen) atoms. The second kappa shape index (κ2) is 14.5. The molecule has 0 aromatic rings. The fraction of sp³-hybridized carbons (Fsp3) is 1.00. The van der Waals surface area contributed by atoms with E-state index in [0.717, 1.165) is 0 Å². The van der Waals surface area contributed by atoms with Crippen LogP contribution < -0.4 is 0 Å². The molecule has 0 nitrogen and oxygen atoms in total. The molecular weight excluding hydrogens is 276 g/mol. The molecule has 1 aliphatic rings. The summed E-state index contributed by atoms with van der Waals surface area (Å²) in [6, 6.07) is 0. The Kier molecular flexibility index (Phi) is 13.7. The van der Waals surface area contributed by atoms with Crippen molar-refractivity contribution >= 4 is 35.3 Å². The van der Waals surface area contributed by atoms with Gasteiger partial charge in [-0.25, -0.2) is 0 Å². The summed E-state index contributed by atoms with van der Waals surface area (Å²) in [6.07, 6.45) is 13.2. The van der Waals surface area contributed by atoms with Gasteiger partial charge in [-0.1, -0.05) is 44.9 Å². The van der Waals surface area contributed by atoms with Gasteiger partial charge >= 0.3 is 0 Å². The van der Waals surface area contributed by atoms with Gasteiger partial charge in [0.1, 0.15) is 0 Å². The Morgan fingerprint density at radius 2 is 0.556 bits per heavy atom. The Labute approximate surface area is 127 Å². The van der Waals surface area contributed by atoms with Gasteiger partial charge in [0, 0.05) is 23.0 Å². The minimum Gasteiger partial charge on any atom is -0.161 e. The third kappa shape index (κ3) is 12.1. The first-order valence-corrected chi connectivity index (χ1v) is 11.2.